The van der Waals surface area contributed by atoms with Crippen LogP contribution in [0.15, 0.2) is 24.3 Å². The van der Waals surface area contributed by atoms with Gasteiger partial charge in [-0.1, -0.05) is 45.0 Å². The lowest BCUT2D eigenvalue weighted by Crippen LogP contribution is -2.21. The second-order valence-corrected chi connectivity index (χ2v) is 4.92. The van der Waals surface area contributed by atoms with Crippen LogP contribution >= 0.6 is 0 Å². The van der Waals surface area contributed by atoms with Gasteiger partial charge in [0.1, 0.15) is 0 Å². The van der Waals surface area contributed by atoms with Crippen LogP contribution in [0.2, 0.25) is 0 Å². The van der Waals surface area contributed by atoms with E-state index >= 15 is 0 Å². The Labute approximate surface area is 106 Å². The Balaban J connectivity index is 2.84. The van der Waals surface area contributed by atoms with Crippen LogP contribution in [0.4, 0.5) is 8.78 Å². The van der Waals surface area contributed by atoms with Crippen molar-refractivity contribution in [3.05, 3.63) is 35.4 Å². The van der Waals surface area contributed by atoms with Gasteiger partial charge < -0.3 is 5.11 Å². The number of alkyl halides is 2. The summed E-state index contributed by atoms with van der Waals surface area (Å²) in [6, 6.07) is 5.91. The zero-order valence-electron chi connectivity index (χ0n) is 10.8. The molecule has 1 N–H and O–H groups in total. The monoisotopic (exact) mass is 256 g/mol. The summed E-state index contributed by atoms with van der Waals surface area (Å²) in [7, 11) is 0. The molecule has 0 bridgehead atoms. The zero-order chi connectivity index (χ0) is 13.9. The van der Waals surface area contributed by atoms with Crippen molar-refractivity contribution in [2.75, 3.05) is 0 Å². The van der Waals surface area contributed by atoms with Crippen molar-refractivity contribution in [2.45, 2.75) is 33.1 Å². The van der Waals surface area contributed by atoms with Gasteiger partial charge in [-0.15, -0.1) is 0 Å². The Morgan fingerprint density at radius 3 is 2.11 bits per heavy atom. The molecule has 4 heteroatoms. The Morgan fingerprint density at radius 2 is 1.72 bits per heavy atom. The second-order valence-electron chi connectivity index (χ2n) is 4.92. The quantitative estimate of drug-likeness (QED) is 0.872. The van der Waals surface area contributed by atoms with E-state index in [4.69, 9.17) is 5.11 Å². The van der Waals surface area contributed by atoms with Crippen LogP contribution in [0.5, 0.6) is 0 Å². The van der Waals surface area contributed by atoms with Crippen molar-refractivity contribution in [3.63, 3.8) is 0 Å². The van der Waals surface area contributed by atoms with Crippen molar-refractivity contribution >= 4 is 5.97 Å². The minimum Gasteiger partial charge on any atom is -0.481 e. The molecule has 1 aromatic rings. The lowest BCUT2D eigenvalue weighted by molar-refractivity contribution is -0.141. The maximum atomic E-state index is 13.7. The number of carboxylic acids is 1. The van der Waals surface area contributed by atoms with Crippen molar-refractivity contribution in [2.24, 2.45) is 11.8 Å². The average molecular weight is 256 g/mol. The number of hydrogen-bond acceptors (Lipinski definition) is 1. The molecule has 0 aliphatic rings. The van der Waals surface area contributed by atoms with Crippen LogP contribution in [-0.2, 0) is 17.1 Å². The molecule has 1 atom stereocenters. The minimum absolute atomic E-state index is 0.0239. The number of benzene rings is 1. The van der Waals surface area contributed by atoms with Gasteiger partial charge >= 0.3 is 5.97 Å². The highest BCUT2D eigenvalue weighted by atomic mass is 19.3. The first-order chi connectivity index (χ1) is 8.25. The summed E-state index contributed by atoms with van der Waals surface area (Å²) in [4.78, 5) is 10.7. The summed E-state index contributed by atoms with van der Waals surface area (Å²) >= 11 is 0. The largest absolute Gasteiger partial charge is 0.481 e. The number of carboxylic acid groups (broad SMARTS) is 1. The van der Waals surface area contributed by atoms with Gasteiger partial charge in [0, 0.05) is 11.5 Å². The SMILES string of the molecule is CC(Cc1ccc(C(F)(F)C(C)C)cc1)C(=O)O. The number of halogens is 2. The summed E-state index contributed by atoms with van der Waals surface area (Å²) in [5.74, 6) is -5.01. The van der Waals surface area contributed by atoms with Crippen LogP contribution in [0.1, 0.15) is 31.9 Å². The number of carbonyl (C=O) groups is 1. The molecule has 0 amide bonds. The molecule has 1 unspecified atom stereocenters. The lowest BCUT2D eigenvalue weighted by Gasteiger charge is -2.21. The van der Waals surface area contributed by atoms with Gasteiger partial charge in [0.15, 0.2) is 0 Å². The molecule has 0 heterocycles. The molecule has 2 nitrogen and oxygen atoms in total. The highest BCUT2D eigenvalue weighted by molar-refractivity contribution is 5.69. The number of aliphatic carboxylic acids is 1. The van der Waals surface area contributed by atoms with Crippen molar-refractivity contribution in [1.29, 1.82) is 0 Å². The van der Waals surface area contributed by atoms with Crippen LogP contribution in [0, 0.1) is 11.8 Å². The normalized spacial score (nSPS) is 13.7. The van der Waals surface area contributed by atoms with Gasteiger partial charge in [-0.05, 0) is 12.0 Å². The molecular weight excluding hydrogens is 238 g/mol. The molecule has 0 saturated carbocycles. The fraction of sp³-hybridized carbons (Fsp3) is 0.500. The van der Waals surface area contributed by atoms with Crippen LogP contribution in [0.25, 0.3) is 0 Å². The second kappa shape index (κ2) is 5.46. The molecule has 0 spiro atoms. The zero-order valence-corrected chi connectivity index (χ0v) is 10.8. The summed E-state index contributed by atoms with van der Waals surface area (Å²) in [6.45, 7) is 4.54. The third kappa shape index (κ3) is 3.28. The smallest absolute Gasteiger partial charge is 0.306 e. The Morgan fingerprint density at radius 1 is 1.22 bits per heavy atom. The third-order valence-electron chi connectivity index (χ3n) is 3.03. The van der Waals surface area contributed by atoms with E-state index in [1.54, 1.807) is 19.1 Å². The molecule has 0 aliphatic heterocycles. The molecule has 0 radical (unpaired) electrons. The molecule has 1 rings (SSSR count). The summed E-state index contributed by atoms with van der Waals surface area (Å²) in [5, 5.41) is 8.78. The highest BCUT2D eigenvalue weighted by Gasteiger charge is 2.35. The summed E-state index contributed by atoms with van der Waals surface area (Å²) in [5.41, 5.74) is 0.734. The van der Waals surface area contributed by atoms with Crippen molar-refractivity contribution < 1.29 is 18.7 Å². The number of hydrogen-bond donors (Lipinski definition) is 1. The summed E-state index contributed by atoms with van der Waals surface area (Å²) in [6.07, 6.45) is 0.350. The molecule has 100 valence electrons. The van der Waals surface area contributed by atoms with Crippen molar-refractivity contribution in [1.82, 2.24) is 0 Å². The van der Waals surface area contributed by atoms with E-state index in [-0.39, 0.29) is 5.56 Å². The molecule has 0 fully saturated rings. The molecule has 0 aromatic heterocycles. The first kappa shape index (κ1) is 14.6. The van der Waals surface area contributed by atoms with E-state index < -0.39 is 23.7 Å². The maximum absolute atomic E-state index is 13.7. The lowest BCUT2D eigenvalue weighted by atomic mass is 9.95. The molecular formula is C14H18F2O2. The fourth-order valence-electron chi connectivity index (χ4n) is 1.64. The molecule has 1 aromatic carbocycles. The number of rotatable bonds is 5. The van der Waals surface area contributed by atoms with E-state index in [1.807, 2.05) is 0 Å². The highest BCUT2D eigenvalue weighted by Crippen LogP contribution is 2.35. The van der Waals surface area contributed by atoms with E-state index in [9.17, 15) is 13.6 Å². The van der Waals surface area contributed by atoms with Crippen LogP contribution < -0.4 is 0 Å². The van der Waals surface area contributed by atoms with Gasteiger partial charge in [0.05, 0.1) is 5.92 Å². The Kier molecular flexibility index (Phi) is 4.43. The first-order valence-electron chi connectivity index (χ1n) is 5.95. The van der Waals surface area contributed by atoms with Gasteiger partial charge in [-0.25, -0.2) is 8.78 Å². The molecule has 0 aliphatic carbocycles. The van der Waals surface area contributed by atoms with Gasteiger partial charge in [-0.2, -0.15) is 0 Å². The Hall–Kier alpha value is -1.45. The van der Waals surface area contributed by atoms with E-state index in [2.05, 4.69) is 0 Å². The average Bonchev–Trinajstić information content (AvgIpc) is 2.29. The van der Waals surface area contributed by atoms with E-state index in [0.29, 0.717) is 6.42 Å². The van der Waals surface area contributed by atoms with Crippen LogP contribution in [0.3, 0.4) is 0 Å². The fourth-order valence-corrected chi connectivity index (χ4v) is 1.64. The van der Waals surface area contributed by atoms with Gasteiger partial charge in [0.25, 0.3) is 5.92 Å². The van der Waals surface area contributed by atoms with E-state index in [1.165, 1.54) is 26.0 Å². The first-order valence-corrected chi connectivity index (χ1v) is 5.95. The predicted octanol–water partition coefficient (Wildman–Crippen LogP) is 3.70. The third-order valence-corrected chi connectivity index (χ3v) is 3.03. The minimum atomic E-state index is -2.85. The van der Waals surface area contributed by atoms with E-state index in [0.717, 1.165) is 5.56 Å². The van der Waals surface area contributed by atoms with Gasteiger partial charge in [-0.3, -0.25) is 4.79 Å². The van der Waals surface area contributed by atoms with Gasteiger partial charge in [0.2, 0.25) is 0 Å². The topological polar surface area (TPSA) is 37.3 Å². The molecule has 0 saturated heterocycles. The predicted molar refractivity (Wildman–Crippen MR) is 65.7 cm³/mol. The Bertz CT molecular complexity index is 410. The van der Waals surface area contributed by atoms with Crippen molar-refractivity contribution in [3.8, 4) is 0 Å². The summed E-state index contributed by atoms with van der Waals surface area (Å²) < 4.78 is 27.4. The maximum Gasteiger partial charge on any atom is 0.306 e. The van der Waals surface area contributed by atoms with Crippen LogP contribution in [-0.4, -0.2) is 11.1 Å². The molecule has 18 heavy (non-hydrogen) atoms. The standard InChI is InChI=1S/C14H18F2O2/c1-9(2)14(15,16)12-6-4-11(5-7-12)8-10(3)13(17)18/h4-7,9-10H,8H2,1-3H3,(H,17,18).